The van der Waals surface area contributed by atoms with Gasteiger partial charge in [0.25, 0.3) is 5.91 Å². The first-order chi connectivity index (χ1) is 12.9. The predicted octanol–water partition coefficient (Wildman–Crippen LogP) is 2.47. The van der Waals surface area contributed by atoms with Gasteiger partial charge in [-0.25, -0.2) is 4.39 Å². The Morgan fingerprint density at radius 1 is 1.19 bits per heavy atom. The number of likely N-dealkylation sites (tertiary alicyclic amines) is 1. The van der Waals surface area contributed by atoms with E-state index in [-0.39, 0.29) is 23.7 Å². The third kappa shape index (κ3) is 4.64. The molecule has 1 aliphatic rings. The molecule has 0 unspecified atom stereocenters. The molecule has 0 aromatic heterocycles. The maximum atomic E-state index is 13.0. The summed E-state index contributed by atoms with van der Waals surface area (Å²) in [4.78, 5) is 28.6. The molecule has 0 bridgehead atoms. The molecule has 2 aromatic carbocycles. The van der Waals surface area contributed by atoms with E-state index in [1.807, 2.05) is 37.2 Å². The van der Waals surface area contributed by atoms with Crippen LogP contribution in [0.25, 0.3) is 0 Å². The van der Waals surface area contributed by atoms with Gasteiger partial charge in [0, 0.05) is 39.3 Å². The minimum atomic E-state index is -0.267. The number of anilines is 1. The molecule has 1 N–H and O–H groups in total. The molecule has 0 spiro atoms. The summed E-state index contributed by atoms with van der Waals surface area (Å²) in [5, 5.41) is 2.98. The zero-order valence-electron chi connectivity index (χ0n) is 15.6. The van der Waals surface area contributed by atoms with Crippen LogP contribution in [0.1, 0.15) is 22.3 Å². The van der Waals surface area contributed by atoms with Crippen molar-refractivity contribution in [3.63, 3.8) is 0 Å². The summed E-state index contributed by atoms with van der Waals surface area (Å²) in [6.07, 6.45) is 0.968. The Bertz CT molecular complexity index is 820. The van der Waals surface area contributed by atoms with Crippen molar-refractivity contribution in [3.05, 3.63) is 65.5 Å². The number of para-hydroxylation sites is 1. The quantitative estimate of drug-likeness (QED) is 0.851. The van der Waals surface area contributed by atoms with Crippen molar-refractivity contribution < 1.29 is 14.0 Å². The molecule has 0 aliphatic carbocycles. The molecular weight excluding hydrogens is 345 g/mol. The van der Waals surface area contributed by atoms with Gasteiger partial charge in [-0.3, -0.25) is 9.59 Å². The van der Waals surface area contributed by atoms with Crippen LogP contribution in [0.4, 0.5) is 10.1 Å². The van der Waals surface area contributed by atoms with E-state index in [1.165, 1.54) is 12.1 Å². The van der Waals surface area contributed by atoms with Crippen LogP contribution in [-0.4, -0.2) is 49.9 Å². The molecule has 0 radical (unpaired) electrons. The second kappa shape index (κ2) is 8.20. The van der Waals surface area contributed by atoms with Crippen LogP contribution in [0.2, 0.25) is 0 Å². The molecule has 1 fully saturated rings. The highest BCUT2D eigenvalue weighted by Crippen LogP contribution is 2.19. The molecule has 2 amide bonds. The van der Waals surface area contributed by atoms with Crippen LogP contribution in [0.5, 0.6) is 0 Å². The standard InChI is InChI=1S/C21H24FN3O2/c1-24(2)19-6-4-3-5-18(19)21(27)23-17-13-20(26)25(14-17)12-11-15-7-9-16(22)10-8-15/h3-10,17H,11-14H2,1-2H3,(H,23,27)/t17-/m0/s1. The van der Waals surface area contributed by atoms with Crippen molar-refractivity contribution in [1.29, 1.82) is 0 Å². The van der Waals surface area contributed by atoms with Crippen molar-refractivity contribution in [2.24, 2.45) is 0 Å². The molecule has 142 valence electrons. The van der Waals surface area contributed by atoms with Crippen molar-refractivity contribution in [1.82, 2.24) is 10.2 Å². The minimum Gasteiger partial charge on any atom is -0.377 e. The van der Waals surface area contributed by atoms with E-state index in [0.29, 0.717) is 31.5 Å². The van der Waals surface area contributed by atoms with Crippen LogP contribution in [-0.2, 0) is 11.2 Å². The van der Waals surface area contributed by atoms with Crippen molar-refractivity contribution in [3.8, 4) is 0 Å². The number of carbonyl (C=O) groups excluding carboxylic acids is 2. The highest BCUT2D eigenvalue weighted by atomic mass is 19.1. The van der Waals surface area contributed by atoms with E-state index in [4.69, 9.17) is 0 Å². The summed E-state index contributed by atoms with van der Waals surface area (Å²) >= 11 is 0. The predicted molar refractivity (Wildman–Crippen MR) is 103 cm³/mol. The summed E-state index contributed by atoms with van der Waals surface area (Å²) in [6, 6.07) is 13.5. The Labute approximate surface area is 158 Å². The molecule has 0 saturated carbocycles. The van der Waals surface area contributed by atoms with Gasteiger partial charge in [-0.1, -0.05) is 24.3 Å². The lowest BCUT2D eigenvalue weighted by molar-refractivity contribution is -0.127. The SMILES string of the molecule is CN(C)c1ccccc1C(=O)N[C@H]1CC(=O)N(CCc2ccc(F)cc2)C1. The Balaban J connectivity index is 1.57. The third-order valence-electron chi connectivity index (χ3n) is 4.76. The van der Waals surface area contributed by atoms with Gasteiger partial charge in [0.05, 0.1) is 11.6 Å². The minimum absolute atomic E-state index is 0.0308. The second-order valence-electron chi connectivity index (χ2n) is 7.00. The van der Waals surface area contributed by atoms with Crippen LogP contribution in [0.3, 0.4) is 0 Å². The summed E-state index contributed by atoms with van der Waals surface area (Å²) in [5.41, 5.74) is 2.42. The zero-order chi connectivity index (χ0) is 19.4. The molecule has 6 heteroatoms. The molecule has 27 heavy (non-hydrogen) atoms. The molecule has 1 atom stereocenters. The van der Waals surface area contributed by atoms with Gasteiger partial charge in [0.15, 0.2) is 0 Å². The number of nitrogens with one attached hydrogen (secondary N) is 1. The van der Waals surface area contributed by atoms with Gasteiger partial charge in [0.1, 0.15) is 5.82 Å². The lowest BCUT2D eigenvalue weighted by Gasteiger charge is -2.19. The number of hydrogen-bond donors (Lipinski definition) is 1. The number of rotatable bonds is 6. The van der Waals surface area contributed by atoms with Gasteiger partial charge in [0.2, 0.25) is 5.91 Å². The van der Waals surface area contributed by atoms with Crippen LogP contribution in [0.15, 0.2) is 48.5 Å². The van der Waals surface area contributed by atoms with Gasteiger partial charge >= 0.3 is 0 Å². The Kier molecular flexibility index (Phi) is 5.74. The molecule has 3 rings (SSSR count). The van der Waals surface area contributed by atoms with E-state index >= 15 is 0 Å². The van der Waals surface area contributed by atoms with Gasteiger partial charge in [-0.2, -0.15) is 0 Å². The smallest absolute Gasteiger partial charge is 0.253 e. The van der Waals surface area contributed by atoms with E-state index in [2.05, 4.69) is 5.32 Å². The zero-order valence-corrected chi connectivity index (χ0v) is 15.6. The summed E-state index contributed by atoms with van der Waals surface area (Å²) < 4.78 is 13.0. The highest BCUT2D eigenvalue weighted by molar-refractivity contribution is 6.00. The third-order valence-corrected chi connectivity index (χ3v) is 4.76. The topological polar surface area (TPSA) is 52.7 Å². The molecule has 1 heterocycles. The number of amides is 2. The summed E-state index contributed by atoms with van der Waals surface area (Å²) in [7, 11) is 3.78. The fourth-order valence-corrected chi connectivity index (χ4v) is 3.32. The van der Waals surface area contributed by atoms with Gasteiger partial charge in [-0.05, 0) is 36.2 Å². The lowest BCUT2D eigenvalue weighted by atomic mass is 10.1. The summed E-state index contributed by atoms with van der Waals surface area (Å²) in [5.74, 6) is -0.405. The molecular formula is C21H24FN3O2. The first kappa shape index (κ1) is 18.9. The average molecular weight is 369 g/mol. The van der Waals surface area contributed by atoms with Gasteiger partial charge < -0.3 is 15.1 Å². The molecule has 1 aliphatic heterocycles. The lowest BCUT2D eigenvalue weighted by Crippen LogP contribution is -2.38. The number of carbonyl (C=O) groups is 2. The first-order valence-corrected chi connectivity index (χ1v) is 9.03. The number of nitrogens with zero attached hydrogens (tertiary/aromatic N) is 2. The van der Waals surface area contributed by atoms with Crippen molar-refractivity contribution in [2.75, 3.05) is 32.1 Å². The fourth-order valence-electron chi connectivity index (χ4n) is 3.32. The number of halogens is 1. The largest absolute Gasteiger partial charge is 0.377 e. The normalized spacial score (nSPS) is 16.5. The van der Waals surface area contributed by atoms with Crippen LogP contribution < -0.4 is 10.2 Å². The Hall–Kier alpha value is -2.89. The Morgan fingerprint density at radius 2 is 1.89 bits per heavy atom. The monoisotopic (exact) mass is 369 g/mol. The maximum Gasteiger partial charge on any atom is 0.253 e. The van der Waals surface area contributed by atoms with Crippen molar-refractivity contribution in [2.45, 2.75) is 18.9 Å². The average Bonchev–Trinajstić information content (AvgIpc) is 3.00. The van der Waals surface area contributed by atoms with E-state index in [0.717, 1.165) is 11.3 Å². The summed E-state index contributed by atoms with van der Waals surface area (Å²) in [6.45, 7) is 1.06. The second-order valence-corrected chi connectivity index (χ2v) is 7.00. The van der Waals surface area contributed by atoms with E-state index in [9.17, 15) is 14.0 Å². The van der Waals surface area contributed by atoms with E-state index in [1.54, 1.807) is 23.1 Å². The molecule has 2 aromatic rings. The first-order valence-electron chi connectivity index (χ1n) is 9.03. The molecule has 1 saturated heterocycles. The number of hydrogen-bond acceptors (Lipinski definition) is 3. The molecule has 5 nitrogen and oxygen atoms in total. The van der Waals surface area contributed by atoms with Crippen LogP contribution >= 0.6 is 0 Å². The Morgan fingerprint density at radius 3 is 2.59 bits per heavy atom. The fraction of sp³-hybridized carbons (Fsp3) is 0.333. The maximum absolute atomic E-state index is 13.0. The van der Waals surface area contributed by atoms with Gasteiger partial charge in [-0.15, -0.1) is 0 Å². The highest BCUT2D eigenvalue weighted by Gasteiger charge is 2.30. The van der Waals surface area contributed by atoms with Crippen molar-refractivity contribution >= 4 is 17.5 Å². The van der Waals surface area contributed by atoms with Crippen LogP contribution in [0, 0.1) is 5.82 Å². The van der Waals surface area contributed by atoms with E-state index < -0.39 is 0 Å². The number of benzene rings is 2.